The molecule has 5 rings (SSSR count). The molecule has 0 aliphatic carbocycles. The molecule has 4 aromatic rings. The summed E-state index contributed by atoms with van der Waals surface area (Å²) in [6.07, 6.45) is 6.57. The Bertz CT molecular complexity index is 1330. The van der Waals surface area contributed by atoms with Crippen molar-refractivity contribution in [1.29, 1.82) is 0 Å². The third-order valence-electron chi connectivity index (χ3n) is 5.52. The lowest BCUT2D eigenvalue weighted by atomic mass is 10.0. The number of carbonyl (C=O) groups excluding carboxylic acids is 1. The largest absolute Gasteiger partial charge is 0.348 e. The van der Waals surface area contributed by atoms with E-state index in [1.165, 1.54) is 18.3 Å². The number of benzene rings is 1. The Kier molecular flexibility index (Phi) is 5.53. The summed E-state index contributed by atoms with van der Waals surface area (Å²) >= 11 is 3.33. The van der Waals surface area contributed by atoms with Crippen LogP contribution in [0.25, 0.3) is 11.7 Å². The number of rotatable bonds is 5. The van der Waals surface area contributed by atoms with Gasteiger partial charge in [0.1, 0.15) is 21.9 Å². The summed E-state index contributed by atoms with van der Waals surface area (Å²) in [6.45, 7) is 0.812. The second-order valence-corrected chi connectivity index (χ2v) is 8.41. The highest BCUT2D eigenvalue weighted by atomic mass is 79.9. The van der Waals surface area contributed by atoms with Crippen LogP contribution < -0.4 is 4.90 Å². The number of anilines is 1. The Morgan fingerprint density at radius 2 is 2.03 bits per heavy atom. The van der Waals surface area contributed by atoms with Crippen molar-refractivity contribution in [1.82, 2.24) is 19.6 Å². The van der Waals surface area contributed by atoms with Crippen molar-refractivity contribution in [2.45, 2.75) is 18.9 Å². The lowest BCUT2D eigenvalue weighted by Gasteiger charge is -2.26. The van der Waals surface area contributed by atoms with Crippen LogP contribution in [0.5, 0.6) is 0 Å². The number of pyridine rings is 1. The van der Waals surface area contributed by atoms with E-state index < -0.39 is 0 Å². The summed E-state index contributed by atoms with van der Waals surface area (Å²) in [5, 5.41) is 4.71. The number of aromatic nitrogens is 4. The van der Waals surface area contributed by atoms with Crippen LogP contribution in [0.2, 0.25) is 0 Å². The fourth-order valence-electron chi connectivity index (χ4n) is 4.05. The van der Waals surface area contributed by atoms with Crippen molar-refractivity contribution in [3.05, 3.63) is 94.2 Å². The SMILES string of the molecule is O=C(/C=C/c1cccc(Br)n1)c1cnc2ccc(N3CCC[C@@H]3c3cccc(F)c3)nn12. The van der Waals surface area contributed by atoms with E-state index in [4.69, 9.17) is 5.10 Å². The number of ketones is 1. The first kappa shape index (κ1) is 20.5. The zero-order valence-electron chi connectivity index (χ0n) is 17.0. The fraction of sp³-hybridized carbons (Fsp3) is 0.167. The first-order valence-electron chi connectivity index (χ1n) is 10.3. The Hall–Kier alpha value is -3.39. The molecule has 8 heteroatoms. The van der Waals surface area contributed by atoms with Gasteiger partial charge in [-0.1, -0.05) is 18.2 Å². The van der Waals surface area contributed by atoms with Gasteiger partial charge in [-0.05, 0) is 82.9 Å². The molecule has 0 N–H and O–H groups in total. The van der Waals surface area contributed by atoms with Gasteiger partial charge in [-0.3, -0.25) is 4.79 Å². The van der Waals surface area contributed by atoms with Crippen molar-refractivity contribution in [3.63, 3.8) is 0 Å². The maximum absolute atomic E-state index is 13.8. The third-order valence-corrected chi connectivity index (χ3v) is 5.96. The molecule has 0 saturated carbocycles. The molecular formula is C24H19BrFN5O. The van der Waals surface area contributed by atoms with Crippen LogP contribution in [-0.2, 0) is 0 Å². The number of nitrogens with zero attached hydrogens (tertiary/aromatic N) is 5. The molecule has 6 nitrogen and oxygen atoms in total. The van der Waals surface area contributed by atoms with Crippen LogP contribution in [-0.4, -0.2) is 31.9 Å². The molecule has 0 amide bonds. The van der Waals surface area contributed by atoms with Crippen molar-refractivity contribution in [2.24, 2.45) is 0 Å². The third kappa shape index (κ3) is 4.05. The topological polar surface area (TPSA) is 63.4 Å². The monoisotopic (exact) mass is 491 g/mol. The maximum Gasteiger partial charge on any atom is 0.205 e. The molecule has 1 saturated heterocycles. The zero-order chi connectivity index (χ0) is 22.1. The van der Waals surface area contributed by atoms with E-state index in [2.05, 4.69) is 30.8 Å². The van der Waals surface area contributed by atoms with Crippen LogP contribution in [0.15, 0.2) is 71.5 Å². The minimum atomic E-state index is -0.244. The van der Waals surface area contributed by atoms with E-state index in [0.29, 0.717) is 21.6 Å². The number of imidazole rings is 1. The van der Waals surface area contributed by atoms with Gasteiger partial charge in [-0.2, -0.15) is 0 Å². The van der Waals surface area contributed by atoms with Gasteiger partial charge in [0, 0.05) is 6.54 Å². The van der Waals surface area contributed by atoms with E-state index in [9.17, 15) is 9.18 Å². The summed E-state index contributed by atoms with van der Waals surface area (Å²) < 4.78 is 16.0. The van der Waals surface area contributed by atoms with E-state index in [-0.39, 0.29) is 17.6 Å². The number of halogens is 2. The molecule has 0 bridgehead atoms. The van der Waals surface area contributed by atoms with Crippen LogP contribution in [0.1, 0.15) is 40.6 Å². The predicted octanol–water partition coefficient (Wildman–Crippen LogP) is 5.26. The second kappa shape index (κ2) is 8.63. The lowest BCUT2D eigenvalue weighted by Crippen LogP contribution is -2.24. The van der Waals surface area contributed by atoms with Gasteiger partial charge in [0.05, 0.1) is 17.9 Å². The minimum Gasteiger partial charge on any atom is -0.348 e. The molecule has 1 aliphatic heterocycles. The normalized spacial score (nSPS) is 16.3. The highest BCUT2D eigenvalue weighted by Crippen LogP contribution is 2.35. The quantitative estimate of drug-likeness (QED) is 0.216. The average molecular weight is 492 g/mol. The Labute approximate surface area is 192 Å². The van der Waals surface area contributed by atoms with Crippen LogP contribution in [0, 0.1) is 5.82 Å². The molecule has 0 spiro atoms. The molecule has 1 aromatic carbocycles. The molecule has 0 radical (unpaired) electrons. The molecule has 1 aliphatic rings. The molecule has 4 heterocycles. The van der Waals surface area contributed by atoms with Gasteiger partial charge in [-0.15, -0.1) is 5.10 Å². The molecule has 0 unspecified atom stereocenters. The van der Waals surface area contributed by atoms with E-state index in [1.54, 1.807) is 22.7 Å². The molecule has 1 fully saturated rings. The molecule has 3 aromatic heterocycles. The maximum atomic E-state index is 13.8. The number of hydrogen-bond donors (Lipinski definition) is 0. The number of carbonyl (C=O) groups is 1. The summed E-state index contributed by atoms with van der Waals surface area (Å²) in [4.78, 5) is 23.6. The number of allylic oxidation sites excluding steroid dienone is 1. The minimum absolute atomic E-state index is 0.0424. The van der Waals surface area contributed by atoms with Crippen molar-refractivity contribution < 1.29 is 9.18 Å². The fourth-order valence-corrected chi connectivity index (χ4v) is 4.41. The van der Waals surface area contributed by atoms with Crippen LogP contribution in [0.3, 0.4) is 0 Å². The van der Waals surface area contributed by atoms with E-state index in [0.717, 1.165) is 30.8 Å². The summed E-state index contributed by atoms with van der Waals surface area (Å²) in [7, 11) is 0. The Morgan fingerprint density at radius 1 is 1.16 bits per heavy atom. The lowest BCUT2D eigenvalue weighted by molar-refractivity contribution is 0.104. The Morgan fingerprint density at radius 3 is 2.88 bits per heavy atom. The van der Waals surface area contributed by atoms with E-state index in [1.807, 2.05) is 36.4 Å². The first-order chi connectivity index (χ1) is 15.6. The van der Waals surface area contributed by atoms with Crippen molar-refractivity contribution in [2.75, 3.05) is 11.4 Å². The summed E-state index contributed by atoms with van der Waals surface area (Å²) in [5.74, 6) is 0.271. The molecule has 160 valence electrons. The molecular weight excluding hydrogens is 473 g/mol. The smallest absolute Gasteiger partial charge is 0.205 e. The first-order valence-corrected chi connectivity index (χ1v) is 11.1. The molecule has 32 heavy (non-hydrogen) atoms. The predicted molar refractivity (Wildman–Crippen MR) is 124 cm³/mol. The standard InChI is InChI=1S/C24H19BrFN5O/c25-22-8-2-6-18(28-22)9-10-21(32)20-15-27-23-11-12-24(29-31(20)23)30-13-3-7-19(30)16-4-1-5-17(26)14-16/h1-2,4-6,8-12,14-15,19H,3,7,13H2/b10-9+/t19-/m1/s1. The average Bonchev–Trinajstić information content (AvgIpc) is 3.44. The van der Waals surface area contributed by atoms with Crippen molar-refractivity contribution >= 4 is 39.3 Å². The van der Waals surface area contributed by atoms with Gasteiger partial charge in [0.25, 0.3) is 0 Å². The number of fused-ring (bicyclic) bond motifs is 1. The second-order valence-electron chi connectivity index (χ2n) is 7.59. The van der Waals surface area contributed by atoms with Gasteiger partial charge in [0.15, 0.2) is 5.65 Å². The van der Waals surface area contributed by atoms with Gasteiger partial charge >= 0.3 is 0 Å². The Balaban J connectivity index is 1.45. The van der Waals surface area contributed by atoms with E-state index >= 15 is 0 Å². The van der Waals surface area contributed by atoms with Crippen LogP contribution in [0.4, 0.5) is 10.2 Å². The van der Waals surface area contributed by atoms with Gasteiger partial charge in [-0.25, -0.2) is 18.9 Å². The molecule has 1 atom stereocenters. The number of hydrogen-bond acceptors (Lipinski definition) is 5. The van der Waals surface area contributed by atoms with Crippen molar-refractivity contribution in [3.8, 4) is 0 Å². The highest BCUT2D eigenvalue weighted by Gasteiger charge is 2.28. The summed E-state index contributed by atoms with van der Waals surface area (Å²) in [5.41, 5.74) is 2.56. The van der Waals surface area contributed by atoms with Gasteiger partial charge < -0.3 is 4.90 Å². The highest BCUT2D eigenvalue weighted by molar-refractivity contribution is 9.10. The zero-order valence-corrected chi connectivity index (χ0v) is 18.6. The van der Waals surface area contributed by atoms with Crippen LogP contribution >= 0.6 is 15.9 Å². The van der Waals surface area contributed by atoms with Gasteiger partial charge in [0.2, 0.25) is 5.78 Å². The summed E-state index contributed by atoms with van der Waals surface area (Å²) in [6, 6.07) is 16.0.